The summed E-state index contributed by atoms with van der Waals surface area (Å²) in [5.41, 5.74) is 2.07. The van der Waals surface area contributed by atoms with Gasteiger partial charge in [0.15, 0.2) is 0 Å². The number of benzene rings is 2. The number of rotatable bonds is 9. The number of hydrogen-bond acceptors (Lipinski definition) is 5. The fourth-order valence-corrected chi connectivity index (χ4v) is 2.53. The van der Waals surface area contributed by atoms with E-state index in [1.165, 1.54) is 0 Å². The lowest BCUT2D eigenvalue weighted by Gasteiger charge is -2.12. The molecule has 0 bridgehead atoms. The van der Waals surface area contributed by atoms with Gasteiger partial charge in [0.1, 0.15) is 24.7 Å². The van der Waals surface area contributed by atoms with Gasteiger partial charge in [-0.25, -0.2) is 0 Å². The van der Waals surface area contributed by atoms with E-state index in [4.69, 9.17) is 14.2 Å². The van der Waals surface area contributed by atoms with Crippen LogP contribution in [-0.2, 0) is 11.3 Å². The van der Waals surface area contributed by atoms with Gasteiger partial charge in [-0.3, -0.25) is 9.78 Å². The van der Waals surface area contributed by atoms with Crippen molar-refractivity contribution in [3.8, 4) is 11.5 Å². The quantitative estimate of drug-likeness (QED) is 0.571. The second-order valence-corrected chi connectivity index (χ2v) is 5.97. The van der Waals surface area contributed by atoms with E-state index in [9.17, 15) is 4.79 Å². The summed E-state index contributed by atoms with van der Waals surface area (Å²) in [7, 11) is 1.60. The third-order valence-electron chi connectivity index (χ3n) is 3.90. The van der Waals surface area contributed by atoms with Crippen molar-refractivity contribution in [2.45, 2.75) is 6.61 Å². The molecule has 0 unspecified atom stereocenters. The van der Waals surface area contributed by atoms with Gasteiger partial charge in [-0.2, -0.15) is 0 Å². The predicted molar refractivity (Wildman–Crippen MR) is 107 cm³/mol. The molecule has 0 aliphatic heterocycles. The number of para-hydroxylation sites is 1. The van der Waals surface area contributed by atoms with E-state index >= 15 is 0 Å². The molecule has 0 saturated carbocycles. The molecule has 3 aromatic rings. The van der Waals surface area contributed by atoms with Crippen LogP contribution in [0.4, 0.5) is 5.69 Å². The lowest BCUT2D eigenvalue weighted by atomic mass is 10.2. The smallest absolute Gasteiger partial charge is 0.259 e. The van der Waals surface area contributed by atoms with Crippen molar-refractivity contribution < 1.29 is 19.0 Å². The number of ether oxygens (including phenoxy) is 3. The summed E-state index contributed by atoms with van der Waals surface area (Å²) in [5, 5.41) is 2.89. The number of nitrogens with zero attached hydrogens (tertiary/aromatic N) is 1. The van der Waals surface area contributed by atoms with Crippen LogP contribution in [0.15, 0.2) is 73.1 Å². The first-order chi connectivity index (χ1) is 13.8. The largest absolute Gasteiger partial charge is 0.490 e. The number of pyridine rings is 1. The lowest BCUT2D eigenvalue weighted by Crippen LogP contribution is -2.14. The van der Waals surface area contributed by atoms with E-state index in [0.29, 0.717) is 42.6 Å². The molecule has 2 aromatic carbocycles. The number of carbonyl (C=O) groups is 1. The van der Waals surface area contributed by atoms with Crippen LogP contribution in [-0.4, -0.2) is 31.2 Å². The zero-order valence-corrected chi connectivity index (χ0v) is 15.6. The Hall–Kier alpha value is -3.38. The van der Waals surface area contributed by atoms with Crippen LogP contribution in [0.25, 0.3) is 0 Å². The molecule has 1 amide bonds. The van der Waals surface area contributed by atoms with Crippen LogP contribution < -0.4 is 14.8 Å². The molecule has 0 aliphatic carbocycles. The predicted octanol–water partition coefficient (Wildman–Crippen LogP) is 3.94. The Kier molecular flexibility index (Phi) is 6.98. The van der Waals surface area contributed by atoms with Crippen LogP contribution >= 0.6 is 0 Å². The summed E-state index contributed by atoms with van der Waals surface area (Å²) in [6.45, 7) is 1.23. The molecule has 3 rings (SSSR count). The standard InChI is InChI=1S/C22H22N2O4/c1-26-12-13-27-21-10-3-2-9-20(21)22(25)24-18-7-4-8-19(14-18)28-16-17-6-5-11-23-15-17/h2-11,14-15H,12-13,16H2,1H3,(H,24,25). The van der Waals surface area contributed by atoms with Crippen molar-refractivity contribution in [3.05, 3.63) is 84.2 Å². The van der Waals surface area contributed by atoms with Gasteiger partial charge >= 0.3 is 0 Å². The fraction of sp³-hybridized carbons (Fsp3) is 0.182. The third-order valence-corrected chi connectivity index (χ3v) is 3.90. The molecule has 28 heavy (non-hydrogen) atoms. The Balaban J connectivity index is 1.64. The monoisotopic (exact) mass is 378 g/mol. The van der Waals surface area contributed by atoms with Gasteiger partial charge in [0, 0.05) is 36.8 Å². The molecule has 1 N–H and O–H groups in total. The first kappa shape index (κ1) is 19.4. The van der Waals surface area contributed by atoms with Crippen molar-refractivity contribution in [2.75, 3.05) is 25.6 Å². The van der Waals surface area contributed by atoms with Gasteiger partial charge in [-0.05, 0) is 30.3 Å². The van der Waals surface area contributed by atoms with Crippen LogP contribution in [0.1, 0.15) is 15.9 Å². The highest BCUT2D eigenvalue weighted by molar-refractivity contribution is 6.06. The third kappa shape index (κ3) is 5.56. The summed E-state index contributed by atoms with van der Waals surface area (Å²) in [5.74, 6) is 0.921. The summed E-state index contributed by atoms with van der Waals surface area (Å²) in [6.07, 6.45) is 3.47. The van der Waals surface area contributed by atoms with Gasteiger partial charge in [-0.15, -0.1) is 0 Å². The van der Waals surface area contributed by atoms with Crippen LogP contribution in [0.3, 0.4) is 0 Å². The Morgan fingerprint density at radius 1 is 1.00 bits per heavy atom. The summed E-state index contributed by atoms with van der Waals surface area (Å²) in [6, 6.07) is 18.2. The number of carbonyl (C=O) groups excluding carboxylic acids is 1. The van der Waals surface area contributed by atoms with E-state index < -0.39 is 0 Å². The van der Waals surface area contributed by atoms with E-state index in [0.717, 1.165) is 5.56 Å². The van der Waals surface area contributed by atoms with Gasteiger partial charge in [0.2, 0.25) is 0 Å². The van der Waals surface area contributed by atoms with Crippen molar-refractivity contribution in [1.82, 2.24) is 4.98 Å². The molecule has 6 heteroatoms. The molecule has 1 aromatic heterocycles. The summed E-state index contributed by atoms with van der Waals surface area (Å²) < 4.78 is 16.4. The van der Waals surface area contributed by atoms with Crippen molar-refractivity contribution in [1.29, 1.82) is 0 Å². The Morgan fingerprint density at radius 2 is 1.89 bits per heavy atom. The maximum atomic E-state index is 12.7. The molecule has 0 atom stereocenters. The van der Waals surface area contributed by atoms with Gasteiger partial charge in [-0.1, -0.05) is 24.3 Å². The normalized spacial score (nSPS) is 10.3. The topological polar surface area (TPSA) is 69.7 Å². The highest BCUT2D eigenvalue weighted by Crippen LogP contribution is 2.22. The fourth-order valence-electron chi connectivity index (χ4n) is 2.53. The van der Waals surface area contributed by atoms with Crippen LogP contribution in [0.2, 0.25) is 0 Å². The number of amides is 1. The number of hydrogen-bond donors (Lipinski definition) is 1. The average molecular weight is 378 g/mol. The second-order valence-electron chi connectivity index (χ2n) is 5.97. The zero-order chi connectivity index (χ0) is 19.6. The molecule has 144 valence electrons. The maximum Gasteiger partial charge on any atom is 0.259 e. The molecular formula is C22H22N2O4. The van der Waals surface area contributed by atoms with E-state index in [1.807, 2.05) is 36.4 Å². The molecule has 1 heterocycles. The zero-order valence-electron chi connectivity index (χ0n) is 15.6. The van der Waals surface area contributed by atoms with Gasteiger partial charge in [0.25, 0.3) is 5.91 Å². The molecule has 0 fully saturated rings. The maximum absolute atomic E-state index is 12.7. The van der Waals surface area contributed by atoms with E-state index in [-0.39, 0.29) is 5.91 Å². The number of aromatic nitrogens is 1. The number of anilines is 1. The molecule has 6 nitrogen and oxygen atoms in total. The van der Waals surface area contributed by atoms with Crippen molar-refractivity contribution in [2.24, 2.45) is 0 Å². The minimum atomic E-state index is -0.252. The van der Waals surface area contributed by atoms with E-state index in [1.54, 1.807) is 43.8 Å². The van der Waals surface area contributed by atoms with E-state index in [2.05, 4.69) is 10.3 Å². The molecule has 0 aliphatic rings. The minimum Gasteiger partial charge on any atom is -0.490 e. The summed E-state index contributed by atoms with van der Waals surface area (Å²) in [4.78, 5) is 16.8. The van der Waals surface area contributed by atoms with Crippen LogP contribution in [0, 0.1) is 0 Å². The molecule has 0 saturated heterocycles. The average Bonchev–Trinajstić information content (AvgIpc) is 2.74. The second kappa shape index (κ2) is 10.1. The highest BCUT2D eigenvalue weighted by atomic mass is 16.5. The number of methoxy groups -OCH3 is 1. The van der Waals surface area contributed by atoms with Crippen LogP contribution in [0.5, 0.6) is 11.5 Å². The first-order valence-corrected chi connectivity index (χ1v) is 8.90. The molecule has 0 spiro atoms. The Bertz CT molecular complexity index is 900. The van der Waals surface area contributed by atoms with Gasteiger partial charge in [0.05, 0.1) is 12.2 Å². The van der Waals surface area contributed by atoms with Crippen molar-refractivity contribution in [3.63, 3.8) is 0 Å². The summed E-state index contributed by atoms with van der Waals surface area (Å²) >= 11 is 0. The first-order valence-electron chi connectivity index (χ1n) is 8.90. The SMILES string of the molecule is COCCOc1ccccc1C(=O)Nc1cccc(OCc2cccnc2)c1. The molecule has 0 radical (unpaired) electrons. The Morgan fingerprint density at radius 3 is 2.71 bits per heavy atom. The van der Waals surface area contributed by atoms with Crippen molar-refractivity contribution >= 4 is 11.6 Å². The molecular weight excluding hydrogens is 356 g/mol. The lowest BCUT2D eigenvalue weighted by molar-refractivity contribution is 0.101. The highest BCUT2D eigenvalue weighted by Gasteiger charge is 2.12. The number of nitrogens with one attached hydrogen (secondary N) is 1. The van der Waals surface area contributed by atoms with Gasteiger partial charge < -0.3 is 19.5 Å². The minimum absolute atomic E-state index is 0.252. The Labute approximate surface area is 164 Å².